The number of amides is 1. The van der Waals surface area contributed by atoms with Crippen molar-refractivity contribution in [3.05, 3.63) is 35.4 Å². The Labute approximate surface area is 122 Å². The molecule has 0 bridgehead atoms. The highest BCUT2D eigenvalue weighted by molar-refractivity contribution is 5.94. The van der Waals surface area contributed by atoms with Crippen LogP contribution in [0.25, 0.3) is 0 Å². The van der Waals surface area contributed by atoms with Crippen molar-refractivity contribution in [2.45, 2.75) is 19.5 Å². The Morgan fingerprint density at radius 3 is 2.50 bits per heavy atom. The fourth-order valence-corrected chi connectivity index (χ4v) is 1.51. The van der Waals surface area contributed by atoms with Crippen LogP contribution < -0.4 is 10.6 Å². The van der Waals surface area contributed by atoms with E-state index in [1.807, 2.05) is 6.92 Å². The van der Waals surface area contributed by atoms with Crippen molar-refractivity contribution in [1.82, 2.24) is 10.6 Å². The zero-order valence-corrected chi connectivity index (χ0v) is 11.9. The summed E-state index contributed by atoms with van der Waals surface area (Å²) in [6.07, 6.45) is -3.44. The van der Waals surface area contributed by atoms with E-state index >= 15 is 0 Å². The number of benzene rings is 1. The van der Waals surface area contributed by atoms with Gasteiger partial charge in [-0.2, -0.15) is 13.2 Å². The normalized spacial score (nSPS) is 10.8. The van der Waals surface area contributed by atoms with Gasteiger partial charge in [0.1, 0.15) is 0 Å². The number of hydrogen-bond donors (Lipinski definition) is 2. The molecule has 1 amide bonds. The lowest BCUT2D eigenvalue weighted by molar-refractivity contribution is -0.137. The van der Waals surface area contributed by atoms with E-state index in [2.05, 4.69) is 10.6 Å². The average molecular weight is 311 g/mol. The summed E-state index contributed by atoms with van der Waals surface area (Å²) in [5, 5.41) is 5.65. The molecule has 1 rings (SSSR count). The summed E-state index contributed by atoms with van der Waals surface area (Å²) < 4.78 is 37.4. The zero-order chi connectivity index (χ0) is 14.3. The van der Waals surface area contributed by atoms with Gasteiger partial charge in [0.25, 0.3) is 5.91 Å². The molecule has 0 radical (unpaired) electrons. The molecule has 0 saturated heterocycles. The first kappa shape index (κ1) is 18.7. The van der Waals surface area contributed by atoms with E-state index in [0.29, 0.717) is 13.1 Å². The molecule has 0 heterocycles. The molecule has 0 spiro atoms. The van der Waals surface area contributed by atoms with Crippen molar-refractivity contribution < 1.29 is 18.0 Å². The molecule has 114 valence electrons. The van der Waals surface area contributed by atoms with Crippen LogP contribution in [0.1, 0.15) is 29.3 Å². The molecule has 1 aromatic carbocycles. The van der Waals surface area contributed by atoms with Crippen LogP contribution in [0.15, 0.2) is 24.3 Å². The van der Waals surface area contributed by atoms with Crippen molar-refractivity contribution in [3.8, 4) is 0 Å². The number of halogens is 4. The highest BCUT2D eigenvalue weighted by Gasteiger charge is 2.30. The first-order valence-corrected chi connectivity index (χ1v) is 6.11. The highest BCUT2D eigenvalue weighted by atomic mass is 35.5. The van der Waals surface area contributed by atoms with Gasteiger partial charge in [-0.15, -0.1) is 12.4 Å². The van der Waals surface area contributed by atoms with Crippen LogP contribution in [0.2, 0.25) is 0 Å². The van der Waals surface area contributed by atoms with E-state index in [4.69, 9.17) is 0 Å². The minimum Gasteiger partial charge on any atom is -0.351 e. The van der Waals surface area contributed by atoms with E-state index in [9.17, 15) is 18.0 Å². The molecule has 7 heteroatoms. The maximum atomic E-state index is 12.5. The summed E-state index contributed by atoms with van der Waals surface area (Å²) in [5.74, 6) is -0.496. The second-order valence-electron chi connectivity index (χ2n) is 4.08. The Morgan fingerprint density at radius 2 is 1.90 bits per heavy atom. The summed E-state index contributed by atoms with van der Waals surface area (Å²) in [4.78, 5) is 11.7. The lowest BCUT2D eigenvalue weighted by Crippen LogP contribution is -2.32. The fraction of sp³-hybridized carbons (Fsp3) is 0.462. The Hall–Kier alpha value is -1.27. The summed E-state index contributed by atoms with van der Waals surface area (Å²) in [7, 11) is 0. The van der Waals surface area contributed by atoms with Gasteiger partial charge in [-0.3, -0.25) is 4.79 Å². The lowest BCUT2D eigenvalue weighted by atomic mass is 10.1. The van der Waals surface area contributed by atoms with Gasteiger partial charge in [-0.1, -0.05) is 13.0 Å². The molecule has 0 aromatic heterocycles. The molecule has 3 nitrogen and oxygen atoms in total. The molecule has 0 atom stereocenters. The van der Waals surface area contributed by atoms with Crippen molar-refractivity contribution in [2.75, 3.05) is 19.6 Å². The van der Waals surface area contributed by atoms with Crippen LogP contribution in [0.4, 0.5) is 13.2 Å². The van der Waals surface area contributed by atoms with E-state index in [-0.39, 0.29) is 18.0 Å². The van der Waals surface area contributed by atoms with Gasteiger partial charge in [-0.05, 0) is 31.2 Å². The maximum Gasteiger partial charge on any atom is 0.416 e. The number of hydrogen-bond acceptors (Lipinski definition) is 2. The summed E-state index contributed by atoms with van der Waals surface area (Å²) in [6, 6.07) is 4.39. The first-order valence-electron chi connectivity index (χ1n) is 6.11. The van der Waals surface area contributed by atoms with Crippen LogP contribution >= 0.6 is 12.4 Å². The number of carbonyl (C=O) groups excluding carboxylic acids is 1. The molecule has 1 aromatic rings. The molecule has 0 saturated carbocycles. The molecule has 0 unspecified atom stereocenters. The average Bonchev–Trinajstić information content (AvgIpc) is 2.37. The minimum absolute atomic E-state index is 0. The van der Waals surface area contributed by atoms with Gasteiger partial charge in [-0.25, -0.2) is 0 Å². The molecule has 20 heavy (non-hydrogen) atoms. The van der Waals surface area contributed by atoms with E-state index < -0.39 is 17.6 Å². The lowest BCUT2D eigenvalue weighted by Gasteiger charge is -2.09. The summed E-state index contributed by atoms with van der Waals surface area (Å²) >= 11 is 0. The largest absolute Gasteiger partial charge is 0.416 e. The second kappa shape index (κ2) is 8.81. The van der Waals surface area contributed by atoms with Crippen LogP contribution in [0.3, 0.4) is 0 Å². The SMILES string of the molecule is CCCNCCNC(=O)c1cccc(C(F)(F)F)c1.Cl. The van der Waals surface area contributed by atoms with Gasteiger partial charge in [0.15, 0.2) is 0 Å². The van der Waals surface area contributed by atoms with Crippen molar-refractivity contribution >= 4 is 18.3 Å². The van der Waals surface area contributed by atoms with E-state index in [1.165, 1.54) is 12.1 Å². The van der Waals surface area contributed by atoms with Gasteiger partial charge in [0, 0.05) is 18.7 Å². The molecular weight excluding hydrogens is 293 g/mol. The van der Waals surface area contributed by atoms with E-state index in [1.54, 1.807) is 0 Å². The number of carbonyl (C=O) groups is 1. The van der Waals surface area contributed by atoms with Gasteiger partial charge >= 0.3 is 6.18 Å². The third-order valence-corrected chi connectivity index (χ3v) is 2.47. The smallest absolute Gasteiger partial charge is 0.351 e. The van der Waals surface area contributed by atoms with Crippen molar-refractivity contribution in [2.24, 2.45) is 0 Å². The van der Waals surface area contributed by atoms with Crippen LogP contribution in [0.5, 0.6) is 0 Å². The molecule has 2 N–H and O–H groups in total. The topological polar surface area (TPSA) is 41.1 Å². The first-order chi connectivity index (χ1) is 8.95. The monoisotopic (exact) mass is 310 g/mol. The summed E-state index contributed by atoms with van der Waals surface area (Å²) in [6.45, 7) is 3.85. The van der Waals surface area contributed by atoms with Crippen molar-refractivity contribution in [1.29, 1.82) is 0 Å². The van der Waals surface area contributed by atoms with Crippen LogP contribution in [-0.2, 0) is 6.18 Å². The third-order valence-electron chi connectivity index (χ3n) is 2.47. The van der Waals surface area contributed by atoms with Gasteiger partial charge < -0.3 is 10.6 Å². The predicted octanol–water partition coefficient (Wildman–Crippen LogP) is 2.86. The quantitative estimate of drug-likeness (QED) is 0.793. The third kappa shape index (κ3) is 6.25. The van der Waals surface area contributed by atoms with Gasteiger partial charge in [0.05, 0.1) is 5.56 Å². The minimum atomic E-state index is -4.43. The molecule has 0 aliphatic heterocycles. The van der Waals surface area contributed by atoms with Gasteiger partial charge in [0.2, 0.25) is 0 Å². The number of rotatable bonds is 6. The Bertz CT molecular complexity index is 424. The fourth-order valence-electron chi connectivity index (χ4n) is 1.51. The Kier molecular flexibility index (Phi) is 8.25. The predicted molar refractivity (Wildman–Crippen MR) is 74.2 cm³/mol. The Balaban J connectivity index is 0.00000361. The number of alkyl halides is 3. The molecular formula is C13H18ClF3N2O. The second-order valence-corrected chi connectivity index (χ2v) is 4.08. The van der Waals surface area contributed by atoms with E-state index in [0.717, 1.165) is 25.1 Å². The van der Waals surface area contributed by atoms with Crippen LogP contribution in [-0.4, -0.2) is 25.5 Å². The standard InChI is InChI=1S/C13H17F3N2O.ClH/c1-2-6-17-7-8-18-12(19)10-4-3-5-11(9-10)13(14,15)16;/h3-5,9,17H,2,6-8H2,1H3,(H,18,19);1H. The zero-order valence-electron chi connectivity index (χ0n) is 11.1. The maximum absolute atomic E-state index is 12.5. The Morgan fingerprint density at radius 1 is 1.20 bits per heavy atom. The van der Waals surface area contributed by atoms with Crippen molar-refractivity contribution in [3.63, 3.8) is 0 Å². The molecule has 0 aliphatic carbocycles. The van der Waals surface area contributed by atoms with Crippen LogP contribution in [0, 0.1) is 0 Å². The highest BCUT2D eigenvalue weighted by Crippen LogP contribution is 2.29. The number of nitrogens with one attached hydrogen (secondary N) is 2. The molecule has 0 fully saturated rings. The molecule has 0 aliphatic rings. The summed E-state index contributed by atoms with van der Waals surface area (Å²) in [5.41, 5.74) is -0.797.